The first-order chi connectivity index (χ1) is 9.75. The van der Waals surface area contributed by atoms with Crippen LogP contribution in [0.25, 0.3) is 0 Å². The zero-order valence-corrected chi connectivity index (χ0v) is 12.0. The van der Waals surface area contributed by atoms with Gasteiger partial charge in [0, 0.05) is 13.5 Å². The minimum absolute atomic E-state index is 0.0645. The fraction of sp³-hybridized carbons (Fsp3) is 0.733. The summed E-state index contributed by atoms with van der Waals surface area (Å²) >= 11 is 0. The van der Waals surface area contributed by atoms with Crippen LogP contribution < -0.4 is 5.56 Å². The maximum Gasteiger partial charge on any atom is 0.256 e. The average molecular weight is 278 g/mol. The first kappa shape index (κ1) is 13.8. The van der Waals surface area contributed by atoms with E-state index < -0.39 is 5.60 Å². The summed E-state index contributed by atoms with van der Waals surface area (Å²) in [5.41, 5.74) is 1.09. The number of rotatable bonds is 2. The molecule has 0 amide bonds. The van der Waals surface area contributed by atoms with Crippen molar-refractivity contribution in [1.82, 2.24) is 9.97 Å². The van der Waals surface area contributed by atoms with Gasteiger partial charge in [-0.1, -0.05) is 25.7 Å². The highest BCUT2D eigenvalue weighted by Crippen LogP contribution is 2.37. The van der Waals surface area contributed by atoms with E-state index in [4.69, 9.17) is 14.5 Å². The Hall–Kier alpha value is -1.20. The minimum Gasteiger partial charge on any atom is -0.376 e. The number of methoxy groups -OCH3 is 1. The van der Waals surface area contributed by atoms with Gasteiger partial charge in [0.25, 0.3) is 5.56 Å². The van der Waals surface area contributed by atoms with Gasteiger partial charge in [0.05, 0.1) is 24.5 Å². The molecule has 0 atom stereocenters. The number of ether oxygens (including phenoxy) is 2. The van der Waals surface area contributed by atoms with E-state index in [2.05, 4.69) is 4.98 Å². The molecule has 0 aromatic carbocycles. The highest BCUT2D eigenvalue weighted by Gasteiger charge is 2.36. The smallest absolute Gasteiger partial charge is 0.256 e. The molecule has 1 aromatic rings. The van der Waals surface area contributed by atoms with Gasteiger partial charge < -0.3 is 14.5 Å². The summed E-state index contributed by atoms with van der Waals surface area (Å²) in [6.45, 7) is 1.01. The Bertz CT molecular complexity index is 530. The second-order valence-electron chi connectivity index (χ2n) is 5.75. The Morgan fingerprint density at radius 3 is 2.70 bits per heavy atom. The Morgan fingerprint density at radius 1 is 1.25 bits per heavy atom. The summed E-state index contributed by atoms with van der Waals surface area (Å²) in [6.07, 6.45) is 7.28. The molecule has 1 N–H and O–H groups in total. The van der Waals surface area contributed by atoms with Crippen LogP contribution in [0.15, 0.2) is 4.79 Å². The Kier molecular flexibility index (Phi) is 3.89. The minimum atomic E-state index is -0.414. The van der Waals surface area contributed by atoms with Crippen molar-refractivity contribution in [3.63, 3.8) is 0 Å². The van der Waals surface area contributed by atoms with Crippen molar-refractivity contribution < 1.29 is 9.47 Å². The third kappa shape index (κ3) is 2.40. The summed E-state index contributed by atoms with van der Waals surface area (Å²) in [4.78, 5) is 19.9. The zero-order chi connectivity index (χ0) is 14.0. The molecule has 3 rings (SSSR count). The summed E-state index contributed by atoms with van der Waals surface area (Å²) in [6, 6.07) is 0. The molecule has 1 saturated carbocycles. The molecule has 0 bridgehead atoms. The van der Waals surface area contributed by atoms with Crippen molar-refractivity contribution in [2.45, 2.75) is 57.2 Å². The molecule has 2 heterocycles. The molecule has 2 aliphatic rings. The highest BCUT2D eigenvalue weighted by molar-refractivity contribution is 5.21. The van der Waals surface area contributed by atoms with Gasteiger partial charge in [0.15, 0.2) is 0 Å². The third-order valence-electron chi connectivity index (χ3n) is 4.56. The van der Waals surface area contributed by atoms with Gasteiger partial charge in [0.2, 0.25) is 0 Å². The summed E-state index contributed by atoms with van der Waals surface area (Å²) < 4.78 is 11.2. The van der Waals surface area contributed by atoms with Crippen molar-refractivity contribution in [1.29, 1.82) is 0 Å². The van der Waals surface area contributed by atoms with E-state index in [-0.39, 0.29) is 5.56 Å². The van der Waals surface area contributed by atoms with E-state index in [9.17, 15) is 4.79 Å². The molecule has 0 unspecified atom stereocenters. The predicted octanol–water partition coefficient (Wildman–Crippen LogP) is 2.04. The van der Waals surface area contributed by atoms with Crippen LogP contribution in [0.2, 0.25) is 0 Å². The Morgan fingerprint density at radius 2 is 2.00 bits per heavy atom. The van der Waals surface area contributed by atoms with Crippen LogP contribution in [0, 0.1) is 0 Å². The van der Waals surface area contributed by atoms with Crippen LogP contribution in [-0.2, 0) is 28.1 Å². The standard InChI is InChI=1S/C15H22N2O3/c1-19-15(7-4-2-3-5-8-15)14-16-12-6-9-20-10-11(12)13(18)17-14/h2-10H2,1H3,(H,16,17,18). The molecule has 1 aliphatic heterocycles. The summed E-state index contributed by atoms with van der Waals surface area (Å²) in [7, 11) is 1.73. The fourth-order valence-corrected chi connectivity index (χ4v) is 3.30. The molecule has 5 nitrogen and oxygen atoms in total. The Labute approximate surface area is 118 Å². The molecular weight excluding hydrogens is 256 g/mol. The van der Waals surface area contributed by atoms with Crippen LogP contribution in [0.4, 0.5) is 0 Å². The summed E-state index contributed by atoms with van der Waals surface area (Å²) in [5, 5.41) is 0. The van der Waals surface area contributed by atoms with E-state index in [1.54, 1.807) is 7.11 Å². The maximum atomic E-state index is 12.2. The molecule has 1 fully saturated rings. The molecule has 0 radical (unpaired) electrons. The van der Waals surface area contributed by atoms with Gasteiger partial charge in [-0.3, -0.25) is 4.79 Å². The average Bonchev–Trinajstić information content (AvgIpc) is 2.73. The highest BCUT2D eigenvalue weighted by atomic mass is 16.5. The lowest BCUT2D eigenvalue weighted by Gasteiger charge is -2.31. The van der Waals surface area contributed by atoms with Crippen LogP contribution in [0.1, 0.15) is 55.6 Å². The van der Waals surface area contributed by atoms with Crippen molar-refractivity contribution in [3.8, 4) is 0 Å². The monoisotopic (exact) mass is 278 g/mol. The van der Waals surface area contributed by atoms with Crippen molar-refractivity contribution in [2.24, 2.45) is 0 Å². The van der Waals surface area contributed by atoms with Crippen LogP contribution in [0.5, 0.6) is 0 Å². The number of nitrogens with zero attached hydrogens (tertiary/aromatic N) is 1. The van der Waals surface area contributed by atoms with Gasteiger partial charge >= 0.3 is 0 Å². The van der Waals surface area contributed by atoms with Gasteiger partial charge in [-0.05, 0) is 12.8 Å². The zero-order valence-electron chi connectivity index (χ0n) is 12.0. The van der Waals surface area contributed by atoms with E-state index in [1.165, 1.54) is 12.8 Å². The van der Waals surface area contributed by atoms with Gasteiger partial charge in [-0.2, -0.15) is 0 Å². The largest absolute Gasteiger partial charge is 0.376 e. The lowest BCUT2D eigenvalue weighted by atomic mass is 9.92. The molecule has 5 heteroatoms. The second kappa shape index (κ2) is 5.66. The number of aromatic amines is 1. The van der Waals surface area contributed by atoms with Crippen LogP contribution in [0.3, 0.4) is 0 Å². The summed E-state index contributed by atoms with van der Waals surface area (Å²) in [5.74, 6) is 0.715. The number of H-pyrrole nitrogens is 1. The number of aromatic nitrogens is 2. The number of fused-ring (bicyclic) bond motifs is 1. The number of hydrogen-bond donors (Lipinski definition) is 1. The molecule has 0 saturated heterocycles. The lowest BCUT2D eigenvalue weighted by molar-refractivity contribution is -0.0358. The van der Waals surface area contributed by atoms with Crippen molar-refractivity contribution in [3.05, 3.63) is 27.4 Å². The number of hydrogen-bond acceptors (Lipinski definition) is 4. The predicted molar refractivity (Wildman–Crippen MR) is 74.6 cm³/mol. The van der Waals surface area contributed by atoms with Crippen LogP contribution in [-0.4, -0.2) is 23.7 Å². The number of nitrogens with one attached hydrogen (secondary N) is 1. The maximum absolute atomic E-state index is 12.2. The topological polar surface area (TPSA) is 64.2 Å². The molecule has 0 spiro atoms. The van der Waals surface area contributed by atoms with E-state index in [0.717, 1.165) is 31.4 Å². The first-order valence-corrected chi connectivity index (χ1v) is 7.51. The first-order valence-electron chi connectivity index (χ1n) is 7.51. The molecule has 20 heavy (non-hydrogen) atoms. The normalized spacial score (nSPS) is 22.1. The SMILES string of the molecule is COC1(c2nc3c(c(=O)[nH]2)COCC3)CCCCCC1. The van der Waals surface area contributed by atoms with Crippen LogP contribution >= 0.6 is 0 Å². The van der Waals surface area contributed by atoms with E-state index in [1.807, 2.05) is 0 Å². The molecule has 1 aromatic heterocycles. The second-order valence-corrected chi connectivity index (χ2v) is 5.75. The van der Waals surface area contributed by atoms with Gasteiger partial charge in [-0.15, -0.1) is 0 Å². The van der Waals surface area contributed by atoms with Gasteiger partial charge in [0.1, 0.15) is 11.4 Å². The lowest BCUT2D eigenvalue weighted by Crippen LogP contribution is -2.35. The van der Waals surface area contributed by atoms with Gasteiger partial charge in [-0.25, -0.2) is 4.98 Å². The third-order valence-corrected chi connectivity index (χ3v) is 4.56. The molecule has 1 aliphatic carbocycles. The van der Waals surface area contributed by atoms with Crippen molar-refractivity contribution >= 4 is 0 Å². The quantitative estimate of drug-likeness (QED) is 0.841. The molecule has 110 valence electrons. The molecular formula is C15H22N2O3. The van der Waals surface area contributed by atoms with E-state index in [0.29, 0.717) is 31.0 Å². The Balaban J connectivity index is 2.03. The van der Waals surface area contributed by atoms with Crippen molar-refractivity contribution in [2.75, 3.05) is 13.7 Å². The fourth-order valence-electron chi connectivity index (χ4n) is 3.30. The van der Waals surface area contributed by atoms with E-state index >= 15 is 0 Å².